The SMILES string of the molecule is N[C@@H](C(=O)N1Cc2ccccc2C1)c1ccc(Cl)cc1Cl. The fraction of sp³-hybridized carbons (Fsp3) is 0.188. The van der Waals surface area contributed by atoms with E-state index in [9.17, 15) is 4.79 Å². The lowest BCUT2D eigenvalue weighted by molar-refractivity contribution is -0.133. The van der Waals surface area contributed by atoms with Crippen molar-refractivity contribution >= 4 is 29.1 Å². The van der Waals surface area contributed by atoms with Crippen LogP contribution in [-0.4, -0.2) is 10.8 Å². The maximum Gasteiger partial charge on any atom is 0.244 e. The highest BCUT2D eigenvalue weighted by Crippen LogP contribution is 2.29. The molecule has 0 aliphatic carbocycles. The van der Waals surface area contributed by atoms with Crippen LogP contribution in [0.4, 0.5) is 0 Å². The minimum atomic E-state index is -0.774. The van der Waals surface area contributed by atoms with Gasteiger partial charge in [-0.05, 0) is 28.8 Å². The number of benzene rings is 2. The minimum Gasteiger partial charge on any atom is -0.332 e. The number of halogens is 2. The van der Waals surface area contributed by atoms with Crippen LogP contribution < -0.4 is 5.73 Å². The van der Waals surface area contributed by atoms with Crippen LogP contribution in [0.15, 0.2) is 42.5 Å². The number of nitrogens with zero attached hydrogens (tertiary/aromatic N) is 1. The van der Waals surface area contributed by atoms with Crippen molar-refractivity contribution in [1.82, 2.24) is 4.90 Å². The molecule has 0 fully saturated rings. The summed E-state index contributed by atoms with van der Waals surface area (Å²) in [5.74, 6) is -0.129. The first kappa shape index (κ1) is 14.4. The van der Waals surface area contributed by atoms with Crippen LogP contribution in [0.1, 0.15) is 22.7 Å². The standard InChI is InChI=1S/C16H14Cl2N2O/c17-12-5-6-13(14(18)7-12)15(19)16(21)20-8-10-3-1-2-4-11(10)9-20/h1-7,15H,8-9,19H2/t15-/m1/s1. The second kappa shape index (κ2) is 5.68. The van der Waals surface area contributed by atoms with Crippen LogP contribution >= 0.6 is 23.2 Å². The first-order valence-electron chi connectivity index (χ1n) is 6.62. The summed E-state index contributed by atoms with van der Waals surface area (Å²) in [5, 5.41) is 0.942. The lowest BCUT2D eigenvalue weighted by atomic mass is 10.1. The van der Waals surface area contributed by atoms with Gasteiger partial charge in [0.25, 0.3) is 0 Å². The average Bonchev–Trinajstić information content (AvgIpc) is 2.89. The number of carbonyl (C=O) groups excluding carboxylic acids is 1. The third kappa shape index (κ3) is 2.77. The molecule has 0 spiro atoms. The molecule has 0 aromatic heterocycles. The van der Waals surface area contributed by atoms with E-state index >= 15 is 0 Å². The van der Waals surface area contributed by atoms with E-state index in [1.165, 1.54) is 11.1 Å². The fourth-order valence-electron chi connectivity index (χ4n) is 2.57. The molecular weight excluding hydrogens is 307 g/mol. The van der Waals surface area contributed by atoms with E-state index in [2.05, 4.69) is 0 Å². The quantitative estimate of drug-likeness (QED) is 0.920. The molecular formula is C16H14Cl2N2O. The Morgan fingerprint density at radius 1 is 1.10 bits per heavy atom. The molecule has 0 bridgehead atoms. The van der Waals surface area contributed by atoms with E-state index in [4.69, 9.17) is 28.9 Å². The molecule has 1 atom stereocenters. The van der Waals surface area contributed by atoms with Crippen molar-refractivity contribution in [3.63, 3.8) is 0 Å². The van der Waals surface area contributed by atoms with Crippen LogP contribution in [-0.2, 0) is 17.9 Å². The van der Waals surface area contributed by atoms with Gasteiger partial charge in [0.15, 0.2) is 0 Å². The maximum absolute atomic E-state index is 12.6. The van der Waals surface area contributed by atoms with Gasteiger partial charge in [0.1, 0.15) is 6.04 Å². The Morgan fingerprint density at radius 2 is 1.71 bits per heavy atom. The van der Waals surface area contributed by atoms with Gasteiger partial charge in [0, 0.05) is 23.1 Å². The van der Waals surface area contributed by atoms with Gasteiger partial charge in [-0.3, -0.25) is 4.79 Å². The minimum absolute atomic E-state index is 0.129. The molecule has 0 unspecified atom stereocenters. The third-order valence-corrected chi connectivity index (χ3v) is 4.28. The zero-order valence-corrected chi connectivity index (χ0v) is 12.7. The molecule has 0 saturated heterocycles. The Balaban J connectivity index is 1.80. The van der Waals surface area contributed by atoms with Gasteiger partial charge in [-0.25, -0.2) is 0 Å². The Bertz CT molecular complexity index is 677. The highest BCUT2D eigenvalue weighted by atomic mass is 35.5. The van der Waals surface area contributed by atoms with Crippen molar-refractivity contribution in [2.24, 2.45) is 5.73 Å². The van der Waals surface area contributed by atoms with E-state index in [0.717, 1.165) is 0 Å². The second-order valence-corrected chi connectivity index (χ2v) is 5.95. The van der Waals surface area contributed by atoms with E-state index in [1.807, 2.05) is 24.3 Å². The fourth-order valence-corrected chi connectivity index (χ4v) is 3.10. The first-order valence-corrected chi connectivity index (χ1v) is 7.38. The summed E-state index contributed by atoms with van der Waals surface area (Å²) < 4.78 is 0. The molecule has 21 heavy (non-hydrogen) atoms. The Labute approximate surface area is 133 Å². The molecule has 1 heterocycles. The van der Waals surface area contributed by atoms with E-state index in [1.54, 1.807) is 23.1 Å². The van der Waals surface area contributed by atoms with Crippen LogP contribution in [0, 0.1) is 0 Å². The molecule has 3 nitrogen and oxygen atoms in total. The topological polar surface area (TPSA) is 46.3 Å². The molecule has 2 aromatic carbocycles. The predicted octanol–water partition coefficient (Wildman–Crippen LogP) is 3.54. The summed E-state index contributed by atoms with van der Waals surface area (Å²) in [6.07, 6.45) is 0. The highest BCUT2D eigenvalue weighted by molar-refractivity contribution is 6.35. The number of hydrogen-bond acceptors (Lipinski definition) is 2. The third-order valence-electron chi connectivity index (χ3n) is 3.72. The number of hydrogen-bond donors (Lipinski definition) is 1. The number of rotatable bonds is 2. The second-order valence-electron chi connectivity index (χ2n) is 5.11. The molecule has 108 valence electrons. The molecule has 1 amide bonds. The van der Waals surface area contributed by atoms with Crippen molar-refractivity contribution in [2.75, 3.05) is 0 Å². The lowest BCUT2D eigenvalue weighted by Gasteiger charge is -2.21. The molecule has 0 saturated carbocycles. The summed E-state index contributed by atoms with van der Waals surface area (Å²) >= 11 is 12.0. The molecule has 2 N–H and O–H groups in total. The zero-order valence-electron chi connectivity index (χ0n) is 11.2. The van der Waals surface area contributed by atoms with Gasteiger partial charge in [-0.1, -0.05) is 53.5 Å². The largest absolute Gasteiger partial charge is 0.332 e. The Hall–Kier alpha value is -1.55. The highest BCUT2D eigenvalue weighted by Gasteiger charge is 2.28. The van der Waals surface area contributed by atoms with Gasteiger partial charge in [0.2, 0.25) is 5.91 Å². The van der Waals surface area contributed by atoms with Gasteiger partial charge in [0.05, 0.1) is 0 Å². The van der Waals surface area contributed by atoms with Gasteiger partial charge in [-0.15, -0.1) is 0 Å². The predicted molar refractivity (Wildman–Crippen MR) is 84.1 cm³/mol. The summed E-state index contributed by atoms with van der Waals surface area (Å²) in [5.41, 5.74) is 9.02. The van der Waals surface area contributed by atoms with Crippen molar-refractivity contribution < 1.29 is 4.79 Å². The monoisotopic (exact) mass is 320 g/mol. The van der Waals surface area contributed by atoms with Crippen molar-refractivity contribution in [3.8, 4) is 0 Å². The van der Waals surface area contributed by atoms with Crippen molar-refractivity contribution in [1.29, 1.82) is 0 Å². The van der Waals surface area contributed by atoms with Crippen molar-refractivity contribution in [2.45, 2.75) is 19.1 Å². The summed E-state index contributed by atoms with van der Waals surface area (Å²) in [6, 6.07) is 12.2. The maximum atomic E-state index is 12.6. The molecule has 1 aliphatic heterocycles. The molecule has 0 radical (unpaired) electrons. The van der Waals surface area contributed by atoms with E-state index in [-0.39, 0.29) is 5.91 Å². The number of nitrogens with two attached hydrogens (primary N) is 1. The van der Waals surface area contributed by atoms with Gasteiger partial charge >= 0.3 is 0 Å². The number of carbonyl (C=O) groups is 1. The molecule has 2 aromatic rings. The molecule has 3 rings (SSSR count). The summed E-state index contributed by atoms with van der Waals surface area (Å²) in [4.78, 5) is 14.3. The van der Waals surface area contributed by atoms with Crippen molar-refractivity contribution in [3.05, 3.63) is 69.2 Å². The number of amides is 1. The molecule has 1 aliphatic rings. The summed E-state index contributed by atoms with van der Waals surface area (Å²) in [6.45, 7) is 1.18. The van der Waals surface area contributed by atoms with Crippen LogP contribution in [0.5, 0.6) is 0 Å². The van der Waals surface area contributed by atoms with E-state index in [0.29, 0.717) is 28.7 Å². The smallest absolute Gasteiger partial charge is 0.244 e. The number of fused-ring (bicyclic) bond motifs is 1. The van der Waals surface area contributed by atoms with E-state index < -0.39 is 6.04 Å². The van der Waals surface area contributed by atoms with Gasteiger partial charge < -0.3 is 10.6 Å². The normalized spacial score (nSPS) is 14.9. The summed E-state index contributed by atoms with van der Waals surface area (Å²) in [7, 11) is 0. The average molecular weight is 321 g/mol. The van der Waals surface area contributed by atoms with Gasteiger partial charge in [-0.2, -0.15) is 0 Å². The lowest BCUT2D eigenvalue weighted by Crippen LogP contribution is -2.35. The Kier molecular flexibility index (Phi) is 3.89. The molecule has 5 heteroatoms. The van der Waals surface area contributed by atoms with Crippen LogP contribution in [0.2, 0.25) is 10.0 Å². The first-order chi connectivity index (χ1) is 10.1. The van der Waals surface area contributed by atoms with Crippen LogP contribution in [0.25, 0.3) is 0 Å². The van der Waals surface area contributed by atoms with Crippen LogP contribution in [0.3, 0.4) is 0 Å². The zero-order chi connectivity index (χ0) is 15.0. The Morgan fingerprint density at radius 3 is 2.29 bits per heavy atom.